The van der Waals surface area contributed by atoms with Crippen LogP contribution in [0.2, 0.25) is 0 Å². The van der Waals surface area contributed by atoms with Crippen LogP contribution < -0.4 is 5.32 Å². The van der Waals surface area contributed by atoms with E-state index in [0.29, 0.717) is 18.5 Å². The summed E-state index contributed by atoms with van der Waals surface area (Å²) in [5, 5.41) is 3.60. The van der Waals surface area contributed by atoms with Crippen LogP contribution in [0.3, 0.4) is 0 Å². The van der Waals surface area contributed by atoms with E-state index in [9.17, 15) is 4.79 Å². The van der Waals surface area contributed by atoms with E-state index in [1.807, 2.05) is 12.4 Å². The molecule has 1 atom stereocenters. The van der Waals surface area contributed by atoms with Crippen LogP contribution in [-0.4, -0.2) is 34.2 Å². The van der Waals surface area contributed by atoms with Crippen molar-refractivity contribution in [2.75, 3.05) is 7.11 Å². The Balaban J connectivity index is 1.86. The van der Waals surface area contributed by atoms with E-state index in [2.05, 4.69) is 21.8 Å². The molecular weight excluding hydrogens is 266 g/mol. The molecule has 2 saturated carbocycles. The molecule has 2 aliphatic rings. The zero-order valence-corrected chi connectivity index (χ0v) is 13.0. The van der Waals surface area contributed by atoms with Gasteiger partial charge in [0, 0.05) is 24.9 Å². The zero-order chi connectivity index (χ0) is 14.9. The van der Waals surface area contributed by atoms with Gasteiger partial charge in [0.1, 0.15) is 11.4 Å². The summed E-state index contributed by atoms with van der Waals surface area (Å²) in [6.07, 6.45) is 10.4. The highest BCUT2D eigenvalue weighted by atomic mass is 16.5. The van der Waals surface area contributed by atoms with Crippen molar-refractivity contribution >= 4 is 5.97 Å². The Kier molecular flexibility index (Phi) is 4.02. The first kappa shape index (κ1) is 14.6. The Morgan fingerprint density at radius 2 is 2.24 bits per heavy atom. The Bertz CT molecular complexity index is 505. The first-order valence-electron chi connectivity index (χ1n) is 8.05. The van der Waals surface area contributed by atoms with Crippen LogP contribution in [0.4, 0.5) is 0 Å². The third kappa shape index (κ3) is 2.98. The number of aryl methyl sites for hydroxylation is 1. The molecule has 2 aliphatic carbocycles. The minimum absolute atomic E-state index is 0.118. The zero-order valence-electron chi connectivity index (χ0n) is 13.0. The van der Waals surface area contributed by atoms with Crippen molar-refractivity contribution < 1.29 is 9.53 Å². The molecule has 5 nitrogen and oxygen atoms in total. The summed E-state index contributed by atoms with van der Waals surface area (Å²) >= 11 is 0. The molecule has 1 unspecified atom stereocenters. The lowest BCUT2D eigenvalue weighted by molar-refractivity contribution is -0.150. The summed E-state index contributed by atoms with van der Waals surface area (Å²) in [7, 11) is 1.49. The van der Waals surface area contributed by atoms with Crippen molar-refractivity contribution in [3.8, 4) is 0 Å². The Labute approximate surface area is 126 Å². The Morgan fingerprint density at radius 1 is 1.48 bits per heavy atom. The molecule has 1 aromatic heterocycles. The molecule has 21 heavy (non-hydrogen) atoms. The maximum Gasteiger partial charge on any atom is 0.328 e. The third-order valence-corrected chi connectivity index (χ3v) is 4.56. The number of aromatic nitrogens is 2. The fourth-order valence-electron chi connectivity index (χ4n) is 3.14. The van der Waals surface area contributed by atoms with Crippen LogP contribution in [0.25, 0.3) is 0 Å². The molecule has 116 valence electrons. The molecule has 1 aromatic rings. The molecule has 0 bridgehead atoms. The first-order valence-corrected chi connectivity index (χ1v) is 8.05. The van der Waals surface area contributed by atoms with Gasteiger partial charge in [-0.3, -0.25) is 5.32 Å². The van der Waals surface area contributed by atoms with Crippen LogP contribution in [0.15, 0.2) is 12.4 Å². The maximum absolute atomic E-state index is 12.6. The van der Waals surface area contributed by atoms with Gasteiger partial charge in [-0.25, -0.2) is 9.78 Å². The van der Waals surface area contributed by atoms with Crippen molar-refractivity contribution in [2.45, 2.75) is 63.6 Å². The topological polar surface area (TPSA) is 56.2 Å². The van der Waals surface area contributed by atoms with Crippen molar-refractivity contribution in [3.05, 3.63) is 18.2 Å². The van der Waals surface area contributed by atoms with Crippen LogP contribution in [-0.2, 0) is 22.5 Å². The minimum atomic E-state index is -0.570. The number of esters is 1. The standard InChI is InChI=1S/C16H25N3O2/c1-3-4-14-17-9-10-19(14)11-16(12-5-6-12,15(20)21-2)18-13-7-8-13/h9-10,12-13,18H,3-8,11H2,1-2H3. The molecule has 5 heteroatoms. The summed E-state index contributed by atoms with van der Waals surface area (Å²) in [5.74, 6) is 1.33. The van der Waals surface area contributed by atoms with Gasteiger partial charge in [-0.1, -0.05) is 6.92 Å². The number of imidazole rings is 1. The van der Waals surface area contributed by atoms with Gasteiger partial charge in [0.25, 0.3) is 0 Å². The smallest absolute Gasteiger partial charge is 0.328 e. The Morgan fingerprint density at radius 3 is 2.81 bits per heavy atom. The largest absolute Gasteiger partial charge is 0.468 e. The normalized spacial score (nSPS) is 21.0. The summed E-state index contributed by atoms with van der Waals surface area (Å²) in [5.41, 5.74) is -0.570. The highest BCUT2D eigenvalue weighted by Crippen LogP contribution is 2.43. The predicted molar refractivity (Wildman–Crippen MR) is 79.9 cm³/mol. The average molecular weight is 291 g/mol. The van der Waals surface area contributed by atoms with E-state index in [4.69, 9.17) is 4.74 Å². The van der Waals surface area contributed by atoms with Crippen molar-refractivity contribution in [1.29, 1.82) is 0 Å². The van der Waals surface area contributed by atoms with Crippen LogP contribution in [0.1, 0.15) is 44.9 Å². The second kappa shape index (κ2) is 5.79. The van der Waals surface area contributed by atoms with E-state index in [1.54, 1.807) is 0 Å². The van der Waals surface area contributed by atoms with Gasteiger partial charge >= 0.3 is 5.97 Å². The quantitative estimate of drug-likeness (QED) is 0.743. The molecule has 1 heterocycles. The van der Waals surface area contributed by atoms with Crippen LogP contribution in [0, 0.1) is 5.92 Å². The molecule has 0 aliphatic heterocycles. The lowest BCUT2D eigenvalue weighted by Crippen LogP contribution is -2.58. The number of rotatable bonds is 8. The number of hydrogen-bond acceptors (Lipinski definition) is 4. The van der Waals surface area contributed by atoms with Gasteiger partial charge in [0.2, 0.25) is 0 Å². The Hall–Kier alpha value is -1.36. The van der Waals surface area contributed by atoms with Crippen molar-refractivity contribution in [2.24, 2.45) is 5.92 Å². The fourth-order valence-corrected chi connectivity index (χ4v) is 3.14. The average Bonchev–Trinajstić information content (AvgIpc) is 3.39. The van der Waals surface area contributed by atoms with Crippen molar-refractivity contribution in [1.82, 2.24) is 14.9 Å². The fraction of sp³-hybridized carbons (Fsp3) is 0.750. The molecule has 1 N–H and O–H groups in total. The molecule has 2 fully saturated rings. The summed E-state index contributed by atoms with van der Waals surface area (Å²) in [6, 6.07) is 0.475. The molecule has 0 aromatic carbocycles. The number of methoxy groups -OCH3 is 1. The summed E-state index contributed by atoms with van der Waals surface area (Å²) < 4.78 is 7.29. The number of carbonyl (C=O) groups is 1. The van der Waals surface area contributed by atoms with Gasteiger partial charge in [0.05, 0.1) is 13.7 Å². The predicted octanol–water partition coefficient (Wildman–Crippen LogP) is 1.91. The molecular formula is C16H25N3O2. The third-order valence-electron chi connectivity index (χ3n) is 4.56. The number of ether oxygens (including phenoxy) is 1. The number of carbonyl (C=O) groups excluding carboxylic acids is 1. The number of nitrogens with one attached hydrogen (secondary N) is 1. The van der Waals surface area contributed by atoms with Crippen LogP contribution >= 0.6 is 0 Å². The molecule has 0 spiro atoms. The number of hydrogen-bond donors (Lipinski definition) is 1. The van der Waals surface area contributed by atoms with Crippen LogP contribution in [0.5, 0.6) is 0 Å². The molecule has 0 radical (unpaired) electrons. The molecule has 0 saturated heterocycles. The molecule has 3 rings (SSSR count). The highest BCUT2D eigenvalue weighted by Gasteiger charge is 2.54. The lowest BCUT2D eigenvalue weighted by Gasteiger charge is -2.33. The SMILES string of the molecule is CCCc1nccn1CC(NC1CC1)(C(=O)OC)C1CC1. The van der Waals surface area contributed by atoms with Gasteiger partial charge in [0.15, 0.2) is 0 Å². The highest BCUT2D eigenvalue weighted by molar-refractivity contribution is 5.82. The van der Waals surface area contributed by atoms with Crippen molar-refractivity contribution in [3.63, 3.8) is 0 Å². The number of nitrogens with zero attached hydrogens (tertiary/aromatic N) is 2. The minimum Gasteiger partial charge on any atom is -0.468 e. The van der Waals surface area contributed by atoms with E-state index < -0.39 is 5.54 Å². The van der Waals surface area contributed by atoms with E-state index in [0.717, 1.165) is 44.3 Å². The maximum atomic E-state index is 12.6. The van der Waals surface area contributed by atoms with Gasteiger partial charge in [-0.2, -0.15) is 0 Å². The molecule has 0 amide bonds. The first-order chi connectivity index (χ1) is 10.2. The summed E-state index contributed by atoms with van der Waals surface area (Å²) in [6.45, 7) is 2.78. The second-order valence-electron chi connectivity index (χ2n) is 6.38. The lowest BCUT2D eigenvalue weighted by atomic mass is 9.92. The van der Waals surface area contributed by atoms with E-state index >= 15 is 0 Å². The van der Waals surface area contributed by atoms with Gasteiger partial charge in [-0.05, 0) is 38.0 Å². The van der Waals surface area contributed by atoms with E-state index in [1.165, 1.54) is 7.11 Å². The summed E-state index contributed by atoms with van der Waals surface area (Å²) in [4.78, 5) is 17.0. The second-order valence-corrected chi connectivity index (χ2v) is 6.38. The van der Waals surface area contributed by atoms with Gasteiger partial charge in [-0.15, -0.1) is 0 Å². The van der Waals surface area contributed by atoms with Gasteiger partial charge < -0.3 is 9.30 Å². The monoisotopic (exact) mass is 291 g/mol. The van der Waals surface area contributed by atoms with E-state index in [-0.39, 0.29) is 5.97 Å².